The Morgan fingerprint density at radius 2 is 2.25 bits per heavy atom. The second kappa shape index (κ2) is 6.74. The molecule has 7 heteroatoms. The minimum atomic E-state index is -1.13. The zero-order valence-corrected chi connectivity index (χ0v) is 11.9. The molecular weight excluding hydrogens is 260 g/mol. The first-order chi connectivity index (χ1) is 9.36. The highest BCUT2D eigenvalue weighted by atomic mass is 16.4. The molecule has 1 aromatic rings. The average Bonchev–Trinajstić information content (AvgIpc) is 2.78. The Balaban J connectivity index is 2.87. The fourth-order valence-corrected chi connectivity index (χ4v) is 1.75. The lowest BCUT2D eigenvalue weighted by molar-refractivity contribution is -0.139. The van der Waals surface area contributed by atoms with Gasteiger partial charge in [0.2, 0.25) is 0 Å². The fourth-order valence-electron chi connectivity index (χ4n) is 1.75. The van der Waals surface area contributed by atoms with Crippen LogP contribution >= 0.6 is 0 Å². The van der Waals surface area contributed by atoms with E-state index in [-0.39, 0.29) is 6.04 Å². The molecule has 0 aliphatic rings. The summed E-state index contributed by atoms with van der Waals surface area (Å²) < 4.78 is 1.49. The summed E-state index contributed by atoms with van der Waals surface area (Å²) in [6.07, 6.45) is 4.58. The van der Waals surface area contributed by atoms with Gasteiger partial charge in [0.1, 0.15) is 0 Å². The van der Waals surface area contributed by atoms with Crippen molar-refractivity contribution in [1.29, 1.82) is 0 Å². The number of hydrogen-bond acceptors (Lipinski definition) is 3. The van der Waals surface area contributed by atoms with Crippen molar-refractivity contribution in [1.82, 2.24) is 20.0 Å². The molecule has 0 spiro atoms. The molecule has 0 fully saturated rings. The summed E-state index contributed by atoms with van der Waals surface area (Å²) in [5, 5.41) is 15.7. The Bertz CT molecular complexity index is 496. The predicted molar refractivity (Wildman–Crippen MR) is 74.2 cm³/mol. The second-order valence-electron chi connectivity index (χ2n) is 4.70. The molecule has 2 amide bonds. The fraction of sp³-hybridized carbons (Fsp3) is 0.462. The first-order valence-corrected chi connectivity index (χ1v) is 6.26. The van der Waals surface area contributed by atoms with Crippen molar-refractivity contribution in [2.24, 2.45) is 7.05 Å². The number of aromatic nitrogens is 2. The lowest BCUT2D eigenvalue weighted by Gasteiger charge is -2.27. The van der Waals surface area contributed by atoms with Crippen molar-refractivity contribution in [3.05, 3.63) is 30.6 Å². The van der Waals surface area contributed by atoms with E-state index in [0.717, 1.165) is 0 Å². The van der Waals surface area contributed by atoms with Crippen LogP contribution in [0.25, 0.3) is 0 Å². The minimum Gasteiger partial charge on any atom is -0.479 e. The molecule has 0 radical (unpaired) electrons. The molecule has 0 bridgehead atoms. The molecule has 0 aromatic carbocycles. The van der Waals surface area contributed by atoms with Gasteiger partial charge in [0, 0.05) is 31.4 Å². The largest absolute Gasteiger partial charge is 0.479 e. The van der Waals surface area contributed by atoms with Crippen LogP contribution in [0.3, 0.4) is 0 Å². The number of hydrogen-bond donors (Lipinski definition) is 2. The summed E-state index contributed by atoms with van der Waals surface area (Å²) in [6.45, 7) is 7.64. The molecule has 1 atom stereocenters. The summed E-state index contributed by atoms with van der Waals surface area (Å²) in [5.74, 6) is -1.13. The van der Waals surface area contributed by atoms with Crippen LogP contribution in [0.5, 0.6) is 0 Å². The maximum absolute atomic E-state index is 12.1. The highest BCUT2D eigenvalue weighted by Gasteiger charge is 2.26. The van der Waals surface area contributed by atoms with Crippen LogP contribution in [-0.2, 0) is 11.8 Å². The quantitative estimate of drug-likeness (QED) is 0.765. The van der Waals surface area contributed by atoms with Gasteiger partial charge >= 0.3 is 12.0 Å². The number of urea groups is 1. The van der Waals surface area contributed by atoms with Gasteiger partial charge in [0.25, 0.3) is 0 Å². The van der Waals surface area contributed by atoms with Crippen LogP contribution in [-0.4, -0.2) is 44.4 Å². The molecule has 1 aromatic heterocycles. The normalized spacial score (nSPS) is 12.0. The van der Waals surface area contributed by atoms with Gasteiger partial charge in [0.05, 0.1) is 6.20 Å². The topological polar surface area (TPSA) is 87.5 Å². The number of aryl methyl sites for hydroxylation is 1. The third kappa shape index (κ3) is 3.84. The van der Waals surface area contributed by atoms with Crippen molar-refractivity contribution < 1.29 is 14.7 Å². The highest BCUT2D eigenvalue weighted by molar-refractivity contribution is 5.83. The van der Waals surface area contributed by atoms with Crippen molar-refractivity contribution in [2.75, 3.05) is 6.54 Å². The summed E-state index contributed by atoms with van der Waals surface area (Å²) in [4.78, 5) is 24.9. The van der Waals surface area contributed by atoms with E-state index in [4.69, 9.17) is 0 Å². The number of carbonyl (C=O) groups excluding carboxylic acids is 1. The number of carboxylic acids is 1. The lowest BCUT2D eigenvalue weighted by atomic mass is 10.1. The van der Waals surface area contributed by atoms with Crippen molar-refractivity contribution in [2.45, 2.75) is 25.9 Å². The summed E-state index contributed by atoms with van der Waals surface area (Å²) in [5.41, 5.74) is 0.427. The Labute approximate surface area is 117 Å². The van der Waals surface area contributed by atoms with Gasteiger partial charge in [-0.25, -0.2) is 9.59 Å². The zero-order valence-electron chi connectivity index (χ0n) is 11.9. The number of amides is 2. The Morgan fingerprint density at radius 1 is 1.60 bits per heavy atom. The van der Waals surface area contributed by atoms with Gasteiger partial charge in [-0.1, -0.05) is 6.08 Å². The van der Waals surface area contributed by atoms with E-state index in [2.05, 4.69) is 17.0 Å². The molecule has 110 valence electrons. The van der Waals surface area contributed by atoms with Gasteiger partial charge in [-0.2, -0.15) is 5.10 Å². The first kappa shape index (κ1) is 15.7. The molecule has 1 rings (SSSR count). The standard InChI is InChI=1S/C13H20N4O3/c1-5-6-17(9(2)3)13(20)15-11(12(18)19)10-7-14-16(4)8-10/h5,7-9,11H,1,6H2,2-4H3,(H,15,20)(H,18,19). The highest BCUT2D eigenvalue weighted by Crippen LogP contribution is 2.13. The van der Waals surface area contributed by atoms with Crippen molar-refractivity contribution >= 4 is 12.0 Å². The zero-order chi connectivity index (χ0) is 15.3. The van der Waals surface area contributed by atoms with Crippen LogP contribution in [0, 0.1) is 0 Å². The van der Waals surface area contributed by atoms with E-state index < -0.39 is 18.0 Å². The van der Waals surface area contributed by atoms with E-state index in [1.165, 1.54) is 15.8 Å². The van der Waals surface area contributed by atoms with E-state index in [1.807, 2.05) is 13.8 Å². The van der Waals surface area contributed by atoms with Crippen molar-refractivity contribution in [3.8, 4) is 0 Å². The number of aliphatic carboxylic acids is 1. The molecule has 0 saturated carbocycles. The number of carboxylic acid groups (broad SMARTS) is 1. The van der Waals surface area contributed by atoms with Gasteiger partial charge in [-0.15, -0.1) is 6.58 Å². The number of nitrogens with one attached hydrogen (secondary N) is 1. The molecule has 1 unspecified atom stereocenters. The Morgan fingerprint density at radius 3 is 2.65 bits per heavy atom. The number of rotatable bonds is 6. The summed E-state index contributed by atoms with van der Waals surface area (Å²) >= 11 is 0. The second-order valence-corrected chi connectivity index (χ2v) is 4.70. The van der Waals surface area contributed by atoms with Crippen LogP contribution < -0.4 is 5.32 Å². The molecular formula is C13H20N4O3. The molecule has 0 aliphatic heterocycles. The van der Waals surface area contributed by atoms with E-state index in [1.54, 1.807) is 19.3 Å². The first-order valence-electron chi connectivity index (χ1n) is 6.26. The van der Waals surface area contributed by atoms with Gasteiger partial charge < -0.3 is 15.3 Å². The molecule has 2 N–H and O–H groups in total. The molecule has 0 aliphatic carbocycles. The number of nitrogens with zero attached hydrogens (tertiary/aromatic N) is 3. The Hall–Kier alpha value is -2.31. The molecule has 0 saturated heterocycles. The summed E-state index contributed by atoms with van der Waals surface area (Å²) in [7, 11) is 1.68. The van der Waals surface area contributed by atoms with Gasteiger partial charge in [-0.3, -0.25) is 4.68 Å². The van der Waals surface area contributed by atoms with E-state index in [9.17, 15) is 14.7 Å². The molecule has 7 nitrogen and oxygen atoms in total. The predicted octanol–water partition coefficient (Wildman–Crippen LogP) is 1.15. The smallest absolute Gasteiger partial charge is 0.331 e. The third-order valence-corrected chi connectivity index (χ3v) is 2.78. The number of carbonyl (C=O) groups is 2. The maximum atomic E-state index is 12.1. The van der Waals surface area contributed by atoms with Gasteiger partial charge in [0.15, 0.2) is 6.04 Å². The lowest BCUT2D eigenvalue weighted by Crippen LogP contribution is -2.46. The molecule has 1 heterocycles. The van der Waals surface area contributed by atoms with Crippen LogP contribution in [0.15, 0.2) is 25.0 Å². The molecule has 20 heavy (non-hydrogen) atoms. The minimum absolute atomic E-state index is 0.0589. The van der Waals surface area contributed by atoms with E-state index >= 15 is 0 Å². The monoisotopic (exact) mass is 280 g/mol. The Kier molecular flexibility index (Phi) is 5.31. The summed E-state index contributed by atoms with van der Waals surface area (Å²) in [6, 6.07) is -1.63. The SMILES string of the molecule is C=CCN(C(=O)NC(C(=O)O)c1cnn(C)c1)C(C)C. The van der Waals surface area contributed by atoms with Crippen LogP contribution in [0.1, 0.15) is 25.5 Å². The maximum Gasteiger partial charge on any atom is 0.331 e. The van der Waals surface area contributed by atoms with E-state index in [0.29, 0.717) is 12.1 Å². The van der Waals surface area contributed by atoms with Crippen LogP contribution in [0.2, 0.25) is 0 Å². The average molecular weight is 280 g/mol. The van der Waals surface area contributed by atoms with Gasteiger partial charge in [-0.05, 0) is 13.8 Å². The van der Waals surface area contributed by atoms with Crippen LogP contribution in [0.4, 0.5) is 4.79 Å². The van der Waals surface area contributed by atoms with Crippen molar-refractivity contribution in [3.63, 3.8) is 0 Å². The third-order valence-electron chi connectivity index (χ3n) is 2.78.